The number of aryl methyl sites for hydroxylation is 1. The van der Waals surface area contributed by atoms with Crippen LogP contribution in [0.1, 0.15) is 18.3 Å². The van der Waals surface area contributed by atoms with Crippen LogP contribution in [-0.4, -0.2) is 16.0 Å². The van der Waals surface area contributed by atoms with Crippen molar-refractivity contribution >= 4 is 0 Å². The van der Waals surface area contributed by atoms with Crippen LogP contribution in [0.2, 0.25) is 0 Å². The molecule has 0 aliphatic rings. The van der Waals surface area contributed by atoms with Gasteiger partial charge in [-0.05, 0) is 13.8 Å². The fourth-order valence-electron chi connectivity index (χ4n) is 0.855. The molecule has 11 heavy (non-hydrogen) atoms. The van der Waals surface area contributed by atoms with Gasteiger partial charge >= 0.3 is 0 Å². The van der Waals surface area contributed by atoms with Crippen molar-refractivity contribution in [2.45, 2.75) is 26.3 Å². The highest BCUT2D eigenvalue weighted by Crippen LogP contribution is 1.96. The van der Waals surface area contributed by atoms with Gasteiger partial charge in [-0.25, -0.2) is 0 Å². The summed E-state index contributed by atoms with van der Waals surface area (Å²) >= 11 is 0. The summed E-state index contributed by atoms with van der Waals surface area (Å²) in [6, 6.07) is 0.159. The van der Waals surface area contributed by atoms with Gasteiger partial charge in [0.05, 0.1) is 11.4 Å². The van der Waals surface area contributed by atoms with Crippen molar-refractivity contribution in [2.24, 2.45) is 5.73 Å². The maximum absolute atomic E-state index is 5.59. The first-order chi connectivity index (χ1) is 5.18. The van der Waals surface area contributed by atoms with E-state index in [1.54, 1.807) is 12.4 Å². The summed E-state index contributed by atoms with van der Waals surface area (Å²) in [6.45, 7) is 3.88. The summed E-state index contributed by atoms with van der Waals surface area (Å²) in [4.78, 5) is 8.29. The molecule has 0 saturated carbocycles. The summed E-state index contributed by atoms with van der Waals surface area (Å²) in [5, 5.41) is 0. The van der Waals surface area contributed by atoms with Gasteiger partial charge in [-0.1, -0.05) is 0 Å². The summed E-state index contributed by atoms with van der Waals surface area (Å²) < 4.78 is 0. The van der Waals surface area contributed by atoms with Crippen molar-refractivity contribution in [2.75, 3.05) is 0 Å². The molecule has 0 saturated heterocycles. The van der Waals surface area contributed by atoms with E-state index < -0.39 is 0 Å². The average molecular weight is 151 g/mol. The predicted molar refractivity (Wildman–Crippen MR) is 44.1 cm³/mol. The van der Waals surface area contributed by atoms with Crippen molar-refractivity contribution in [1.29, 1.82) is 0 Å². The molecule has 0 aliphatic carbocycles. The Balaban J connectivity index is 2.66. The molecule has 0 aliphatic heterocycles. The van der Waals surface area contributed by atoms with Gasteiger partial charge in [0, 0.05) is 24.9 Å². The van der Waals surface area contributed by atoms with Crippen molar-refractivity contribution in [3.63, 3.8) is 0 Å². The van der Waals surface area contributed by atoms with Crippen molar-refractivity contribution in [1.82, 2.24) is 9.97 Å². The topological polar surface area (TPSA) is 51.8 Å². The molecule has 0 unspecified atom stereocenters. The molecule has 3 heteroatoms. The molecule has 0 spiro atoms. The quantitative estimate of drug-likeness (QED) is 0.676. The second kappa shape index (κ2) is 3.44. The second-order valence-electron chi connectivity index (χ2n) is 2.83. The Morgan fingerprint density at radius 3 is 2.64 bits per heavy atom. The zero-order chi connectivity index (χ0) is 8.27. The van der Waals surface area contributed by atoms with Crippen LogP contribution in [0.5, 0.6) is 0 Å². The van der Waals surface area contributed by atoms with Crippen LogP contribution in [-0.2, 0) is 6.42 Å². The SMILES string of the molecule is Cc1cnc(C[C@H](C)N)cn1. The Bertz CT molecular complexity index is 215. The van der Waals surface area contributed by atoms with E-state index in [-0.39, 0.29) is 6.04 Å². The van der Waals surface area contributed by atoms with Gasteiger partial charge in [0.15, 0.2) is 0 Å². The van der Waals surface area contributed by atoms with E-state index in [9.17, 15) is 0 Å². The van der Waals surface area contributed by atoms with Crippen LogP contribution < -0.4 is 5.73 Å². The molecule has 1 atom stereocenters. The maximum Gasteiger partial charge on any atom is 0.0602 e. The Labute approximate surface area is 66.7 Å². The number of nitrogens with zero attached hydrogens (tertiary/aromatic N) is 2. The number of nitrogens with two attached hydrogens (primary N) is 1. The number of aromatic nitrogens is 2. The highest BCUT2D eigenvalue weighted by molar-refractivity contribution is 5.01. The average Bonchev–Trinajstić information content (AvgIpc) is 1.93. The van der Waals surface area contributed by atoms with Gasteiger partial charge in [0.1, 0.15) is 0 Å². The number of hydrogen-bond donors (Lipinski definition) is 1. The first-order valence-electron chi connectivity index (χ1n) is 3.71. The fraction of sp³-hybridized carbons (Fsp3) is 0.500. The van der Waals surface area contributed by atoms with Gasteiger partial charge in [-0.3, -0.25) is 9.97 Å². The lowest BCUT2D eigenvalue weighted by Gasteiger charge is -2.02. The van der Waals surface area contributed by atoms with Crippen molar-refractivity contribution in [3.05, 3.63) is 23.8 Å². The number of hydrogen-bond acceptors (Lipinski definition) is 3. The monoisotopic (exact) mass is 151 g/mol. The third kappa shape index (κ3) is 2.63. The molecule has 0 fully saturated rings. The lowest BCUT2D eigenvalue weighted by Crippen LogP contribution is -2.18. The Hall–Kier alpha value is -0.960. The van der Waals surface area contributed by atoms with Crippen molar-refractivity contribution < 1.29 is 0 Å². The third-order valence-corrected chi connectivity index (χ3v) is 1.37. The van der Waals surface area contributed by atoms with Gasteiger partial charge in [0.25, 0.3) is 0 Å². The third-order valence-electron chi connectivity index (χ3n) is 1.37. The first kappa shape index (κ1) is 8.14. The van der Waals surface area contributed by atoms with Gasteiger partial charge in [-0.15, -0.1) is 0 Å². The molecule has 0 bridgehead atoms. The first-order valence-corrected chi connectivity index (χ1v) is 3.71. The largest absolute Gasteiger partial charge is 0.328 e. The minimum absolute atomic E-state index is 0.159. The summed E-state index contributed by atoms with van der Waals surface area (Å²) in [6.07, 6.45) is 4.34. The zero-order valence-electron chi connectivity index (χ0n) is 6.91. The van der Waals surface area contributed by atoms with Crippen LogP contribution >= 0.6 is 0 Å². The molecule has 1 aromatic heterocycles. The number of rotatable bonds is 2. The van der Waals surface area contributed by atoms with Gasteiger partial charge < -0.3 is 5.73 Å². The molecular formula is C8H13N3. The van der Waals surface area contributed by atoms with Crippen LogP contribution in [0, 0.1) is 6.92 Å². The van der Waals surface area contributed by atoms with E-state index >= 15 is 0 Å². The Morgan fingerprint density at radius 1 is 1.45 bits per heavy atom. The highest BCUT2D eigenvalue weighted by atomic mass is 14.8. The van der Waals surface area contributed by atoms with Crippen LogP contribution in [0.15, 0.2) is 12.4 Å². The lowest BCUT2D eigenvalue weighted by atomic mass is 10.2. The van der Waals surface area contributed by atoms with E-state index in [1.165, 1.54) is 0 Å². The molecule has 0 aromatic carbocycles. The Morgan fingerprint density at radius 2 is 2.18 bits per heavy atom. The van der Waals surface area contributed by atoms with Crippen LogP contribution in [0.25, 0.3) is 0 Å². The molecule has 60 valence electrons. The van der Waals surface area contributed by atoms with Gasteiger partial charge in [-0.2, -0.15) is 0 Å². The summed E-state index contributed by atoms with van der Waals surface area (Å²) in [5.74, 6) is 0. The van der Waals surface area contributed by atoms with E-state index in [0.29, 0.717) is 0 Å². The van der Waals surface area contributed by atoms with Crippen LogP contribution in [0.3, 0.4) is 0 Å². The Kier molecular flexibility index (Phi) is 2.54. The van der Waals surface area contributed by atoms with Crippen molar-refractivity contribution in [3.8, 4) is 0 Å². The molecule has 3 nitrogen and oxygen atoms in total. The molecular weight excluding hydrogens is 138 g/mol. The standard InChI is InChI=1S/C8H13N3/c1-6(9)3-8-5-10-7(2)4-11-8/h4-6H,3,9H2,1-2H3/t6-/m0/s1. The minimum Gasteiger partial charge on any atom is -0.328 e. The van der Waals surface area contributed by atoms with Crippen LogP contribution in [0.4, 0.5) is 0 Å². The van der Waals surface area contributed by atoms with E-state index in [4.69, 9.17) is 5.73 Å². The van der Waals surface area contributed by atoms with E-state index in [1.807, 2.05) is 13.8 Å². The second-order valence-corrected chi connectivity index (χ2v) is 2.83. The van der Waals surface area contributed by atoms with E-state index in [2.05, 4.69) is 9.97 Å². The predicted octanol–water partition coefficient (Wildman–Crippen LogP) is 0.675. The van der Waals surface area contributed by atoms with Gasteiger partial charge in [0.2, 0.25) is 0 Å². The summed E-state index contributed by atoms with van der Waals surface area (Å²) in [7, 11) is 0. The zero-order valence-corrected chi connectivity index (χ0v) is 6.91. The minimum atomic E-state index is 0.159. The molecule has 1 aromatic rings. The maximum atomic E-state index is 5.59. The highest BCUT2D eigenvalue weighted by Gasteiger charge is 1.98. The summed E-state index contributed by atoms with van der Waals surface area (Å²) in [5.41, 5.74) is 7.50. The lowest BCUT2D eigenvalue weighted by molar-refractivity contribution is 0.717. The fourth-order valence-corrected chi connectivity index (χ4v) is 0.855. The van der Waals surface area contributed by atoms with E-state index in [0.717, 1.165) is 17.8 Å². The molecule has 0 radical (unpaired) electrons. The normalized spacial score (nSPS) is 13.0. The smallest absolute Gasteiger partial charge is 0.0602 e. The molecule has 2 N–H and O–H groups in total. The molecule has 0 amide bonds. The molecule has 1 rings (SSSR count). The molecule has 1 heterocycles.